The molecule has 1 aliphatic carbocycles. The summed E-state index contributed by atoms with van der Waals surface area (Å²) in [5, 5.41) is 4.24. The molecule has 1 aromatic heterocycles. The van der Waals surface area contributed by atoms with Crippen molar-refractivity contribution in [3.63, 3.8) is 0 Å². The maximum atomic E-state index is 13.4. The topological polar surface area (TPSA) is 42.2 Å². The van der Waals surface area contributed by atoms with Gasteiger partial charge in [0.15, 0.2) is 5.82 Å². The molecule has 1 aromatic carbocycles. The minimum Gasteiger partial charge on any atom is -0.339 e. The summed E-state index contributed by atoms with van der Waals surface area (Å²) in [4.78, 5) is 7.25. The molecule has 2 aliphatic heterocycles. The van der Waals surface area contributed by atoms with Gasteiger partial charge in [-0.25, -0.2) is 4.39 Å². The molecule has 5 rings (SSSR count). The van der Waals surface area contributed by atoms with E-state index in [1.807, 2.05) is 12.1 Å². The molecule has 5 heteroatoms. The Balaban J connectivity index is 1.54. The Hall–Kier alpha value is -1.75. The van der Waals surface area contributed by atoms with E-state index in [1.54, 1.807) is 12.1 Å². The van der Waals surface area contributed by atoms with Crippen molar-refractivity contribution in [2.75, 3.05) is 7.05 Å². The number of hydrogen-bond donors (Lipinski definition) is 0. The molecular formula is C19H22FN3O. The molecule has 3 aliphatic rings. The summed E-state index contributed by atoms with van der Waals surface area (Å²) in [6, 6.07) is 8.02. The average molecular weight is 327 g/mol. The molecule has 2 saturated heterocycles. The van der Waals surface area contributed by atoms with E-state index in [2.05, 4.69) is 17.1 Å². The van der Waals surface area contributed by atoms with Crippen molar-refractivity contribution < 1.29 is 8.91 Å². The van der Waals surface area contributed by atoms with E-state index in [9.17, 15) is 4.39 Å². The summed E-state index contributed by atoms with van der Waals surface area (Å²) in [7, 11) is 2.22. The molecule has 4 atom stereocenters. The molecule has 24 heavy (non-hydrogen) atoms. The Morgan fingerprint density at radius 3 is 2.67 bits per heavy atom. The van der Waals surface area contributed by atoms with E-state index < -0.39 is 0 Å². The lowest BCUT2D eigenvalue weighted by molar-refractivity contribution is 0.120. The van der Waals surface area contributed by atoms with Gasteiger partial charge in [-0.1, -0.05) is 17.3 Å². The minimum absolute atomic E-state index is 0.181. The van der Waals surface area contributed by atoms with Crippen LogP contribution < -0.4 is 0 Å². The fourth-order valence-electron chi connectivity index (χ4n) is 4.75. The van der Waals surface area contributed by atoms with Crippen molar-refractivity contribution in [2.24, 2.45) is 0 Å². The minimum atomic E-state index is -0.181. The Labute approximate surface area is 141 Å². The largest absolute Gasteiger partial charge is 0.339 e. The fraction of sp³-hybridized carbons (Fsp3) is 0.579. The maximum absolute atomic E-state index is 13.4. The Bertz CT molecular complexity index is 739. The summed E-state index contributed by atoms with van der Waals surface area (Å²) in [5.74, 6) is 2.52. The number of rotatable bonds is 3. The molecule has 126 valence electrons. The van der Waals surface area contributed by atoms with Crippen molar-refractivity contribution in [3.8, 4) is 0 Å². The monoisotopic (exact) mass is 327 g/mol. The summed E-state index contributed by atoms with van der Waals surface area (Å²) in [6.45, 7) is 0. The van der Waals surface area contributed by atoms with Crippen LogP contribution in [-0.4, -0.2) is 34.2 Å². The van der Waals surface area contributed by atoms with E-state index in [0.717, 1.165) is 18.1 Å². The quantitative estimate of drug-likeness (QED) is 0.859. The van der Waals surface area contributed by atoms with Crippen molar-refractivity contribution in [1.29, 1.82) is 0 Å². The summed E-state index contributed by atoms with van der Waals surface area (Å²) < 4.78 is 19.1. The van der Waals surface area contributed by atoms with E-state index in [0.29, 0.717) is 23.9 Å². The highest BCUT2D eigenvalue weighted by Crippen LogP contribution is 2.51. The molecule has 2 aromatic rings. The first-order chi connectivity index (χ1) is 11.7. The molecule has 3 fully saturated rings. The van der Waals surface area contributed by atoms with Gasteiger partial charge in [0.2, 0.25) is 5.89 Å². The lowest BCUT2D eigenvalue weighted by Crippen LogP contribution is -2.44. The van der Waals surface area contributed by atoms with Crippen LogP contribution >= 0.6 is 0 Å². The van der Waals surface area contributed by atoms with Gasteiger partial charge in [-0.3, -0.25) is 4.90 Å². The van der Waals surface area contributed by atoms with Crippen LogP contribution in [0.2, 0.25) is 0 Å². The van der Waals surface area contributed by atoms with Gasteiger partial charge in [0, 0.05) is 18.0 Å². The van der Waals surface area contributed by atoms with Crippen LogP contribution in [0.4, 0.5) is 4.39 Å². The van der Waals surface area contributed by atoms with Crippen molar-refractivity contribution >= 4 is 0 Å². The number of likely N-dealkylation sites (N-methyl/N-ethyl adjacent to an activating group) is 1. The second-order valence-corrected chi connectivity index (χ2v) is 7.65. The first-order valence-corrected chi connectivity index (χ1v) is 9.01. The smallest absolute Gasteiger partial charge is 0.231 e. The predicted molar refractivity (Wildman–Crippen MR) is 87.3 cm³/mol. The summed E-state index contributed by atoms with van der Waals surface area (Å²) >= 11 is 0. The molecule has 0 amide bonds. The van der Waals surface area contributed by atoms with Crippen LogP contribution in [0.1, 0.15) is 67.1 Å². The van der Waals surface area contributed by atoms with Crippen LogP contribution in [0.3, 0.4) is 0 Å². The van der Waals surface area contributed by atoms with Crippen molar-refractivity contribution in [1.82, 2.24) is 15.0 Å². The predicted octanol–water partition coefficient (Wildman–Crippen LogP) is 3.82. The van der Waals surface area contributed by atoms with E-state index in [-0.39, 0.29) is 11.7 Å². The number of piperidine rings is 1. The Kier molecular flexibility index (Phi) is 3.27. The van der Waals surface area contributed by atoms with Gasteiger partial charge in [-0.15, -0.1) is 0 Å². The normalized spacial score (nSPS) is 33.1. The molecule has 0 radical (unpaired) electrons. The van der Waals surface area contributed by atoms with Crippen LogP contribution in [0, 0.1) is 5.82 Å². The third kappa shape index (κ3) is 2.29. The van der Waals surface area contributed by atoms with E-state index >= 15 is 0 Å². The van der Waals surface area contributed by atoms with Gasteiger partial charge < -0.3 is 4.52 Å². The van der Waals surface area contributed by atoms with Gasteiger partial charge in [0.25, 0.3) is 0 Å². The number of hydrogen-bond acceptors (Lipinski definition) is 4. The van der Waals surface area contributed by atoms with Crippen molar-refractivity contribution in [3.05, 3.63) is 47.4 Å². The van der Waals surface area contributed by atoms with Gasteiger partial charge in [0.05, 0.1) is 5.92 Å². The number of benzene rings is 1. The highest BCUT2D eigenvalue weighted by atomic mass is 19.1. The standard InChI is InChI=1S/C19H22FN3O/c1-23-14-8-9-16(23)17(19-21-18(22-24-19)12-2-3-12)15(10-14)11-4-6-13(20)7-5-11/h4-7,12,14-17H,2-3,8-10H2,1H3/t14?,15-,16+,17-/m1/s1. The summed E-state index contributed by atoms with van der Waals surface area (Å²) in [5.41, 5.74) is 1.19. The molecule has 1 unspecified atom stereocenters. The van der Waals surface area contributed by atoms with E-state index in [4.69, 9.17) is 9.51 Å². The fourth-order valence-corrected chi connectivity index (χ4v) is 4.75. The molecular weight excluding hydrogens is 305 g/mol. The van der Waals surface area contributed by atoms with Crippen LogP contribution in [0.15, 0.2) is 28.8 Å². The second-order valence-electron chi connectivity index (χ2n) is 7.65. The van der Waals surface area contributed by atoms with Gasteiger partial charge in [0.1, 0.15) is 5.82 Å². The lowest BCUT2D eigenvalue weighted by Gasteiger charge is -2.41. The Morgan fingerprint density at radius 1 is 1.12 bits per heavy atom. The summed E-state index contributed by atoms with van der Waals surface area (Å²) in [6.07, 6.45) is 5.82. The zero-order chi connectivity index (χ0) is 16.3. The third-order valence-electron chi connectivity index (χ3n) is 6.25. The lowest BCUT2D eigenvalue weighted by atomic mass is 9.76. The van der Waals surface area contributed by atoms with Crippen LogP contribution in [0.5, 0.6) is 0 Å². The zero-order valence-corrected chi connectivity index (χ0v) is 13.9. The van der Waals surface area contributed by atoms with Gasteiger partial charge in [-0.05, 0) is 62.8 Å². The number of aromatic nitrogens is 2. The van der Waals surface area contributed by atoms with Crippen molar-refractivity contribution in [2.45, 2.75) is 61.9 Å². The maximum Gasteiger partial charge on any atom is 0.231 e. The molecule has 0 spiro atoms. The SMILES string of the molecule is CN1C2CC[C@H]1[C@H](c1nc(C3CC3)no1)[C@@H](c1ccc(F)cc1)C2. The second kappa shape index (κ2) is 5.38. The zero-order valence-electron chi connectivity index (χ0n) is 13.9. The van der Waals surface area contributed by atoms with Gasteiger partial charge >= 0.3 is 0 Å². The molecule has 2 bridgehead atoms. The van der Waals surface area contributed by atoms with Gasteiger partial charge in [-0.2, -0.15) is 4.98 Å². The van der Waals surface area contributed by atoms with E-state index in [1.165, 1.54) is 31.2 Å². The molecule has 1 saturated carbocycles. The highest BCUT2D eigenvalue weighted by molar-refractivity contribution is 5.28. The average Bonchev–Trinajstić information content (AvgIpc) is 3.28. The number of nitrogens with zero attached hydrogens (tertiary/aromatic N) is 3. The Morgan fingerprint density at radius 2 is 1.92 bits per heavy atom. The number of halogens is 1. The van der Waals surface area contributed by atoms with Crippen LogP contribution in [0.25, 0.3) is 0 Å². The highest BCUT2D eigenvalue weighted by Gasteiger charge is 2.49. The van der Waals surface area contributed by atoms with Crippen LogP contribution in [-0.2, 0) is 0 Å². The molecule has 4 nitrogen and oxygen atoms in total. The first-order valence-electron chi connectivity index (χ1n) is 9.01. The third-order valence-corrected chi connectivity index (χ3v) is 6.25. The first kappa shape index (κ1) is 14.6. The number of fused-ring (bicyclic) bond motifs is 2. The molecule has 3 heterocycles. The molecule has 0 N–H and O–H groups in total.